The summed E-state index contributed by atoms with van der Waals surface area (Å²) in [5.74, 6) is 1.41. The number of nitrogens with one attached hydrogen (secondary N) is 1. The highest BCUT2D eigenvalue weighted by atomic mass is 35.5. The molecule has 0 aliphatic carbocycles. The molecule has 1 N–H and O–H groups in total. The number of methoxy groups -OCH3 is 2. The van der Waals surface area contributed by atoms with E-state index < -0.39 is 0 Å². The Morgan fingerprint density at radius 1 is 1.19 bits per heavy atom. The first-order chi connectivity index (χ1) is 13.0. The number of halogens is 2. The van der Waals surface area contributed by atoms with Crippen LogP contribution in [0.5, 0.6) is 11.5 Å². The summed E-state index contributed by atoms with van der Waals surface area (Å²) in [6, 6.07) is 11.0. The number of hydrogen-bond donors (Lipinski definition) is 1. The lowest BCUT2D eigenvalue weighted by atomic mass is 10.0. The number of benzene rings is 2. The van der Waals surface area contributed by atoms with Crippen molar-refractivity contribution in [2.45, 2.75) is 18.9 Å². The van der Waals surface area contributed by atoms with Crippen LogP contribution in [0.3, 0.4) is 0 Å². The second-order valence-electron chi connectivity index (χ2n) is 6.38. The molecule has 1 heterocycles. The van der Waals surface area contributed by atoms with Gasteiger partial charge in [-0.15, -0.1) is 0 Å². The van der Waals surface area contributed by atoms with E-state index in [2.05, 4.69) is 10.2 Å². The van der Waals surface area contributed by atoms with E-state index in [9.17, 15) is 4.79 Å². The molecular formula is C20H22Cl2N2O3. The average Bonchev–Trinajstić information content (AvgIpc) is 3.12. The number of likely N-dealkylation sites (tertiary alicyclic amines) is 1. The monoisotopic (exact) mass is 408 g/mol. The Kier molecular flexibility index (Phi) is 6.47. The molecule has 0 aromatic heterocycles. The number of carbonyl (C=O) groups is 1. The number of carbonyl (C=O) groups excluding carboxylic acids is 1. The van der Waals surface area contributed by atoms with Gasteiger partial charge in [0.25, 0.3) is 0 Å². The van der Waals surface area contributed by atoms with Gasteiger partial charge in [0.05, 0.1) is 36.5 Å². The van der Waals surface area contributed by atoms with Gasteiger partial charge in [-0.1, -0.05) is 29.3 Å². The summed E-state index contributed by atoms with van der Waals surface area (Å²) in [6.45, 7) is 1.07. The molecule has 0 saturated carbocycles. The summed E-state index contributed by atoms with van der Waals surface area (Å²) in [4.78, 5) is 14.7. The summed E-state index contributed by atoms with van der Waals surface area (Å²) in [5.41, 5.74) is 1.47. The number of hydrogen-bond acceptors (Lipinski definition) is 4. The molecule has 5 nitrogen and oxygen atoms in total. The molecule has 1 saturated heterocycles. The summed E-state index contributed by atoms with van der Waals surface area (Å²) < 4.78 is 10.9. The third kappa shape index (κ3) is 4.49. The highest BCUT2D eigenvalue weighted by Gasteiger charge is 2.30. The molecular weight excluding hydrogens is 387 g/mol. The van der Waals surface area contributed by atoms with Crippen molar-refractivity contribution in [2.24, 2.45) is 0 Å². The van der Waals surface area contributed by atoms with Crippen LogP contribution in [0.15, 0.2) is 36.4 Å². The molecule has 0 spiro atoms. The highest BCUT2D eigenvalue weighted by molar-refractivity contribution is 6.39. The van der Waals surface area contributed by atoms with Gasteiger partial charge in [0.2, 0.25) is 5.91 Å². The van der Waals surface area contributed by atoms with E-state index in [4.69, 9.17) is 32.7 Å². The summed E-state index contributed by atoms with van der Waals surface area (Å²) >= 11 is 12.3. The minimum absolute atomic E-state index is 0.0857. The first kappa shape index (κ1) is 19.8. The maximum atomic E-state index is 12.6. The van der Waals surface area contributed by atoms with E-state index in [-0.39, 0.29) is 18.5 Å². The van der Waals surface area contributed by atoms with Crippen molar-refractivity contribution in [1.82, 2.24) is 4.90 Å². The second kappa shape index (κ2) is 8.83. The first-order valence-electron chi connectivity index (χ1n) is 8.73. The highest BCUT2D eigenvalue weighted by Crippen LogP contribution is 2.39. The Balaban J connectivity index is 1.76. The van der Waals surface area contributed by atoms with Crippen LogP contribution in [0.1, 0.15) is 24.4 Å². The summed E-state index contributed by atoms with van der Waals surface area (Å²) in [6.07, 6.45) is 1.95. The lowest BCUT2D eigenvalue weighted by molar-refractivity contribution is -0.117. The van der Waals surface area contributed by atoms with Gasteiger partial charge in [-0.3, -0.25) is 9.69 Å². The topological polar surface area (TPSA) is 50.8 Å². The number of nitrogens with zero attached hydrogens (tertiary/aromatic N) is 1. The molecule has 3 rings (SSSR count). The normalized spacial score (nSPS) is 17.0. The van der Waals surface area contributed by atoms with Crippen molar-refractivity contribution in [1.29, 1.82) is 0 Å². The van der Waals surface area contributed by atoms with Crippen LogP contribution in [0, 0.1) is 0 Å². The van der Waals surface area contributed by atoms with Crippen LogP contribution >= 0.6 is 23.2 Å². The molecule has 2 aromatic carbocycles. The van der Waals surface area contributed by atoms with Gasteiger partial charge in [-0.05, 0) is 49.7 Å². The smallest absolute Gasteiger partial charge is 0.238 e. The number of anilines is 1. The molecule has 144 valence electrons. The van der Waals surface area contributed by atoms with Crippen molar-refractivity contribution in [3.8, 4) is 11.5 Å². The van der Waals surface area contributed by atoms with Crippen LogP contribution in [-0.2, 0) is 4.79 Å². The van der Waals surface area contributed by atoms with Crippen molar-refractivity contribution in [2.75, 3.05) is 32.6 Å². The third-order valence-electron chi connectivity index (χ3n) is 4.73. The molecule has 0 bridgehead atoms. The molecule has 1 amide bonds. The number of ether oxygens (including phenoxy) is 2. The molecule has 1 atom stereocenters. The van der Waals surface area contributed by atoms with Crippen LogP contribution in [0.25, 0.3) is 0 Å². The van der Waals surface area contributed by atoms with Crippen molar-refractivity contribution >= 4 is 34.8 Å². The third-order valence-corrected chi connectivity index (χ3v) is 5.36. The van der Waals surface area contributed by atoms with Crippen LogP contribution in [-0.4, -0.2) is 38.1 Å². The molecule has 7 heteroatoms. The van der Waals surface area contributed by atoms with Gasteiger partial charge >= 0.3 is 0 Å². The zero-order valence-electron chi connectivity index (χ0n) is 15.3. The average molecular weight is 409 g/mol. The van der Waals surface area contributed by atoms with E-state index in [1.54, 1.807) is 32.4 Å². The largest absolute Gasteiger partial charge is 0.497 e. The second-order valence-corrected chi connectivity index (χ2v) is 7.20. The predicted octanol–water partition coefficient (Wildman–Crippen LogP) is 4.79. The van der Waals surface area contributed by atoms with E-state index in [1.165, 1.54) is 0 Å². The fourth-order valence-corrected chi connectivity index (χ4v) is 3.94. The Labute approximate surface area is 169 Å². The zero-order chi connectivity index (χ0) is 19.4. The molecule has 27 heavy (non-hydrogen) atoms. The van der Waals surface area contributed by atoms with Crippen LogP contribution in [0.2, 0.25) is 10.0 Å². The van der Waals surface area contributed by atoms with E-state index >= 15 is 0 Å². The van der Waals surface area contributed by atoms with Gasteiger partial charge in [-0.2, -0.15) is 0 Å². The van der Waals surface area contributed by atoms with E-state index in [0.29, 0.717) is 15.7 Å². The van der Waals surface area contributed by atoms with Gasteiger partial charge < -0.3 is 14.8 Å². The minimum atomic E-state index is -0.154. The molecule has 0 radical (unpaired) electrons. The van der Waals surface area contributed by atoms with Crippen LogP contribution in [0.4, 0.5) is 5.69 Å². The lowest BCUT2D eigenvalue weighted by Crippen LogP contribution is -2.33. The lowest BCUT2D eigenvalue weighted by Gasteiger charge is -2.26. The maximum absolute atomic E-state index is 12.6. The Bertz CT molecular complexity index is 809. The van der Waals surface area contributed by atoms with E-state index in [1.807, 2.05) is 18.2 Å². The van der Waals surface area contributed by atoms with Gasteiger partial charge in [0, 0.05) is 11.6 Å². The van der Waals surface area contributed by atoms with Gasteiger partial charge in [0.15, 0.2) is 0 Å². The fraction of sp³-hybridized carbons (Fsp3) is 0.350. The first-order valence-corrected chi connectivity index (χ1v) is 9.49. The van der Waals surface area contributed by atoms with E-state index in [0.717, 1.165) is 36.4 Å². The maximum Gasteiger partial charge on any atom is 0.238 e. The molecule has 1 aliphatic heterocycles. The molecule has 2 aromatic rings. The number of para-hydroxylation sites is 1. The fourth-order valence-electron chi connectivity index (χ4n) is 3.45. The quantitative estimate of drug-likeness (QED) is 0.746. The zero-order valence-corrected chi connectivity index (χ0v) is 16.8. The Hall–Kier alpha value is -1.95. The van der Waals surface area contributed by atoms with Crippen molar-refractivity contribution in [3.05, 3.63) is 52.0 Å². The number of rotatable bonds is 6. The van der Waals surface area contributed by atoms with Crippen molar-refractivity contribution < 1.29 is 14.3 Å². The van der Waals surface area contributed by atoms with Gasteiger partial charge in [0.1, 0.15) is 11.5 Å². The predicted molar refractivity (Wildman–Crippen MR) is 108 cm³/mol. The van der Waals surface area contributed by atoms with Crippen LogP contribution < -0.4 is 14.8 Å². The van der Waals surface area contributed by atoms with Gasteiger partial charge in [-0.25, -0.2) is 0 Å². The number of amides is 1. The standard InChI is InChI=1S/C20H22Cl2N2O3/c1-26-13-8-9-18(27-2)14(11-13)17-7-4-10-24(17)12-19(25)23-20-15(21)5-3-6-16(20)22/h3,5-6,8-9,11,17H,4,7,10,12H2,1-2H3,(H,23,25)/t17-/m1/s1. The minimum Gasteiger partial charge on any atom is -0.497 e. The molecule has 1 fully saturated rings. The SMILES string of the molecule is COc1ccc(OC)c([C@H]2CCCN2CC(=O)Nc2c(Cl)cccc2Cl)c1. The molecule has 0 unspecified atom stereocenters. The molecule has 1 aliphatic rings. The Morgan fingerprint density at radius 3 is 2.59 bits per heavy atom. The Morgan fingerprint density at radius 2 is 1.93 bits per heavy atom. The van der Waals surface area contributed by atoms with Crippen molar-refractivity contribution in [3.63, 3.8) is 0 Å². The summed E-state index contributed by atoms with van der Waals surface area (Å²) in [5, 5.41) is 3.67. The summed E-state index contributed by atoms with van der Waals surface area (Å²) in [7, 11) is 3.29.